The normalized spacial score (nSPS) is 25.3. The van der Waals surface area contributed by atoms with E-state index in [-0.39, 0.29) is 35.6 Å². The number of nitrogens with zero attached hydrogens (tertiary/aromatic N) is 4. The second-order valence-electron chi connectivity index (χ2n) is 7.79. The van der Waals surface area contributed by atoms with Gasteiger partial charge in [0.25, 0.3) is 5.56 Å². The van der Waals surface area contributed by atoms with Crippen molar-refractivity contribution in [1.82, 2.24) is 19.6 Å². The number of carbonyl (C=O) groups excluding carboxylic acids is 1. The molecule has 27 heavy (non-hydrogen) atoms. The summed E-state index contributed by atoms with van der Waals surface area (Å²) in [5.41, 5.74) is 1.76. The molecule has 2 fully saturated rings. The van der Waals surface area contributed by atoms with Gasteiger partial charge in [-0.05, 0) is 37.7 Å². The Kier molecular flexibility index (Phi) is 5.07. The molecule has 2 aliphatic heterocycles. The van der Waals surface area contributed by atoms with Crippen LogP contribution in [0.2, 0.25) is 0 Å². The summed E-state index contributed by atoms with van der Waals surface area (Å²) < 4.78 is 24.6. The number of amides is 1. The van der Waals surface area contributed by atoms with Gasteiger partial charge < -0.3 is 4.90 Å². The highest BCUT2D eigenvalue weighted by atomic mass is 32.2. The zero-order chi connectivity index (χ0) is 19.0. The molecule has 3 heterocycles. The van der Waals surface area contributed by atoms with Crippen LogP contribution in [0.1, 0.15) is 30.5 Å². The van der Waals surface area contributed by atoms with Gasteiger partial charge in [0.05, 0.1) is 17.2 Å². The van der Waals surface area contributed by atoms with E-state index in [2.05, 4.69) is 10.00 Å². The van der Waals surface area contributed by atoms with E-state index >= 15 is 0 Å². The zero-order valence-corrected chi connectivity index (χ0v) is 16.3. The van der Waals surface area contributed by atoms with Crippen molar-refractivity contribution in [3.8, 4) is 0 Å². The van der Waals surface area contributed by atoms with Crippen LogP contribution in [0.25, 0.3) is 0 Å². The van der Waals surface area contributed by atoms with Crippen molar-refractivity contribution in [2.24, 2.45) is 0 Å². The Balaban J connectivity index is 1.36. The van der Waals surface area contributed by atoms with Crippen LogP contribution < -0.4 is 5.56 Å². The molecule has 0 aromatic carbocycles. The summed E-state index contributed by atoms with van der Waals surface area (Å²) in [5.74, 6) is 0.401. The van der Waals surface area contributed by atoms with Gasteiger partial charge in [0.2, 0.25) is 5.91 Å². The summed E-state index contributed by atoms with van der Waals surface area (Å²) in [6, 6.07) is 1.71. The number of aromatic nitrogens is 2. The number of piperazine rings is 1. The molecule has 1 amide bonds. The van der Waals surface area contributed by atoms with Crippen molar-refractivity contribution >= 4 is 15.7 Å². The van der Waals surface area contributed by atoms with Crippen LogP contribution in [0.3, 0.4) is 0 Å². The topological polar surface area (TPSA) is 92.6 Å². The Morgan fingerprint density at radius 1 is 1.15 bits per heavy atom. The molecular weight excluding hydrogens is 368 g/mol. The maximum atomic E-state index is 12.6. The lowest BCUT2D eigenvalue weighted by Crippen LogP contribution is -2.53. The number of fused-ring (bicyclic) bond motifs is 1. The average molecular weight is 394 g/mol. The van der Waals surface area contributed by atoms with Gasteiger partial charge in [-0.2, -0.15) is 5.10 Å². The van der Waals surface area contributed by atoms with Crippen molar-refractivity contribution in [3.05, 3.63) is 27.7 Å². The SMILES string of the molecule is O=C(Cn1nc2c(cc1=O)CCCC2)N1CCN([C@H]2CCS(=O)(=O)C2)CC1. The largest absolute Gasteiger partial charge is 0.339 e. The first-order valence-electron chi connectivity index (χ1n) is 9.73. The lowest BCUT2D eigenvalue weighted by Gasteiger charge is -2.37. The average Bonchev–Trinajstić information content (AvgIpc) is 3.02. The summed E-state index contributed by atoms with van der Waals surface area (Å²) in [6.07, 6.45) is 4.61. The predicted molar refractivity (Wildman–Crippen MR) is 100 cm³/mol. The maximum absolute atomic E-state index is 12.6. The van der Waals surface area contributed by atoms with Gasteiger partial charge in [-0.3, -0.25) is 14.5 Å². The molecule has 1 aromatic rings. The van der Waals surface area contributed by atoms with Gasteiger partial charge in [0, 0.05) is 38.3 Å². The number of aryl methyl sites for hydroxylation is 2. The monoisotopic (exact) mass is 394 g/mol. The van der Waals surface area contributed by atoms with E-state index < -0.39 is 9.84 Å². The standard InChI is InChI=1S/C18H26N4O4S/c23-17-11-14-3-1-2-4-16(14)19-22(17)12-18(24)21-8-6-20(7-9-21)15-5-10-27(25,26)13-15/h11,15H,1-10,12-13H2/t15-/m0/s1. The Bertz CT molecular complexity index is 887. The van der Waals surface area contributed by atoms with Crippen LogP contribution in [-0.4, -0.2) is 77.6 Å². The van der Waals surface area contributed by atoms with E-state index in [9.17, 15) is 18.0 Å². The van der Waals surface area contributed by atoms with Gasteiger partial charge in [-0.25, -0.2) is 13.1 Å². The fourth-order valence-corrected chi connectivity index (χ4v) is 6.10. The molecule has 3 aliphatic rings. The molecule has 0 spiro atoms. The Hall–Kier alpha value is -1.74. The van der Waals surface area contributed by atoms with Crippen molar-refractivity contribution in [2.75, 3.05) is 37.7 Å². The van der Waals surface area contributed by atoms with Crippen LogP contribution in [0.4, 0.5) is 0 Å². The summed E-state index contributed by atoms with van der Waals surface area (Å²) in [7, 11) is -2.90. The minimum atomic E-state index is -2.90. The maximum Gasteiger partial charge on any atom is 0.267 e. The first-order chi connectivity index (χ1) is 12.9. The summed E-state index contributed by atoms with van der Waals surface area (Å²) in [6.45, 7) is 2.46. The van der Waals surface area contributed by atoms with Crippen LogP contribution in [0.15, 0.2) is 10.9 Å². The van der Waals surface area contributed by atoms with Crippen LogP contribution in [-0.2, 0) is 34.0 Å². The second-order valence-corrected chi connectivity index (χ2v) is 10.0. The Labute approximate surface area is 159 Å². The first-order valence-corrected chi connectivity index (χ1v) is 11.6. The summed E-state index contributed by atoms with van der Waals surface area (Å²) >= 11 is 0. The van der Waals surface area contributed by atoms with Crippen LogP contribution in [0.5, 0.6) is 0 Å². The van der Waals surface area contributed by atoms with Crippen molar-refractivity contribution in [2.45, 2.75) is 44.7 Å². The van der Waals surface area contributed by atoms with Crippen molar-refractivity contribution in [3.63, 3.8) is 0 Å². The summed E-state index contributed by atoms with van der Waals surface area (Å²) in [4.78, 5) is 28.8. The smallest absolute Gasteiger partial charge is 0.267 e. The van der Waals surface area contributed by atoms with E-state index in [1.807, 2.05) is 0 Å². The molecule has 1 aliphatic carbocycles. The first kappa shape index (κ1) is 18.6. The highest BCUT2D eigenvalue weighted by molar-refractivity contribution is 7.91. The zero-order valence-electron chi connectivity index (χ0n) is 15.5. The van der Waals surface area contributed by atoms with E-state index in [0.717, 1.165) is 36.9 Å². The number of carbonyl (C=O) groups is 1. The Morgan fingerprint density at radius 3 is 2.59 bits per heavy atom. The fourth-order valence-electron chi connectivity index (χ4n) is 4.34. The molecule has 2 saturated heterocycles. The highest BCUT2D eigenvalue weighted by Gasteiger charge is 2.34. The molecule has 1 aromatic heterocycles. The van der Waals surface area contributed by atoms with Crippen LogP contribution >= 0.6 is 0 Å². The Morgan fingerprint density at radius 2 is 1.89 bits per heavy atom. The number of rotatable bonds is 3. The molecule has 0 N–H and O–H groups in total. The fraction of sp³-hybridized carbons (Fsp3) is 0.722. The molecule has 0 saturated carbocycles. The van der Waals surface area contributed by atoms with E-state index in [1.165, 1.54) is 4.68 Å². The lowest BCUT2D eigenvalue weighted by molar-refractivity contribution is -0.134. The van der Waals surface area contributed by atoms with Gasteiger partial charge in [-0.15, -0.1) is 0 Å². The molecular formula is C18H26N4O4S. The number of hydrogen-bond donors (Lipinski definition) is 0. The molecule has 8 nitrogen and oxygen atoms in total. The third kappa shape index (κ3) is 4.08. The molecule has 0 unspecified atom stereocenters. The molecule has 9 heteroatoms. The molecule has 0 radical (unpaired) electrons. The molecule has 148 valence electrons. The molecule has 1 atom stereocenters. The minimum absolute atomic E-state index is 0.0239. The van der Waals surface area contributed by atoms with Gasteiger partial charge >= 0.3 is 0 Å². The molecule has 4 rings (SSSR count). The lowest BCUT2D eigenvalue weighted by atomic mass is 9.97. The van der Waals surface area contributed by atoms with E-state index in [4.69, 9.17) is 0 Å². The third-order valence-corrected chi connectivity index (χ3v) is 7.70. The summed E-state index contributed by atoms with van der Waals surface area (Å²) in [5, 5.41) is 4.42. The van der Waals surface area contributed by atoms with E-state index in [0.29, 0.717) is 32.6 Å². The quantitative estimate of drug-likeness (QED) is 0.683. The number of sulfone groups is 1. The van der Waals surface area contributed by atoms with Gasteiger partial charge in [-0.1, -0.05) is 0 Å². The number of hydrogen-bond acceptors (Lipinski definition) is 6. The van der Waals surface area contributed by atoms with Gasteiger partial charge in [0.1, 0.15) is 6.54 Å². The predicted octanol–water partition coefficient (Wildman–Crippen LogP) is -0.547. The van der Waals surface area contributed by atoms with Crippen molar-refractivity contribution < 1.29 is 13.2 Å². The molecule has 0 bridgehead atoms. The van der Waals surface area contributed by atoms with Gasteiger partial charge in [0.15, 0.2) is 9.84 Å². The van der Waals surface area contributed by atoms with Crippen LogP contribution in [0, 0.1) is 0 Å². The highest BCUT2D eigenvalue weighted by Crippen LogP contribution is 2.19. The third-order valence-electron chi connectivity index (χ3n) is 5.95. The minimum Gasteiger partial charge on any atom is -0.339 e. The second kappa shape index (κ2) is 7.35. The van der Waals surface area contributed by atoms with E-state index in [1.54, 1.807) is 11.0 Å². The van der Waals surface area contributed by atoms with Crippen molar-refractivity contribution in [1.29, 1.82) is 0 Å².